The number of ether oxygens (including phenoxy) is 2. The number of nitrogens with zero attached hydrogens (tertiary/aromatic N) is 1. The number of hydrogen-bond acceptors (Lipinski definition) is 4. The van der Waals surface area contributed by atoms with E-state index >= 15 is 0 Å². The predicted molar refractivity (Wildman–Crippen MR) is 87.0 cm³/mol. The molecule has 1 amide bonds. The summed E-state index contributed by atoms with van der Waals surface area (Å²) in [5, 5.41) is 2.68. The highest BCUT2D eigenvalue weighted by atomic mass is 19.4. The monoisotopic (exact) mass is 366 g/mol. The number of rotatable bonds is 6. The molecule has 26 heavy (non-hydrogen) atoms. The quantitative estimate of drug-likeness (QED) is 0.854. The van der Waals surface area contributed by atoms with Crippen molar-refractivity contribution >= 4 is 5.91 Å². The van der Waals surface area contributed by atoms with E-state index in [1.165, 1.54) is 6.20 Å². The second-order valence-electron chi connectivity index (χ2n) is 5.87. The van der Waals surface area contributed by atoms with Gasteiger partial charge >= 0.3 is 6.18 Å². The number of alkyl halides is 3. The van der Waals surface area contributed by atoms with Gasteiger partial charge in [-0.15, -0.1) is 0 Å². The average Bonchev–Trinajstić information content (AvgIpc) is 3.06. The summed E-state index contributed by atoms with van der Waals surface area (Å²) in [6.45, 7) is -0.747. The van der Waals surface area contributed by atoms with E-state index in [1.807, 2.05) is 18.2 Å². The summed E-state index contributed by atoms with van der Waals surface area (Å²) in [6.07, 6.45) is -2.12. The number of aromatic nitrogens is 1. The molecule has 1 N–H and O–H groups in total. The molecule has 0 radical (unpaired) electrons. The van der Waals surface area contributed by atoms with E-state index in [9.17, 15) is 18.0 Å². The first-order chi connectivity index (χ1) is 12.4. The lowest BCUT2D eigenvalue weighted by Crippen LogP contribution is -2.25. The molecule has 1 aliphatic heterocycles. The zero-order valence-electron chi connectivity index (χ0n) is 13.8. The van der Waals surface area contributed by atoms with Gasteiger partial charge in [0.15, 0.2) is 6.61 Å². The average molecular weight is 366 g/mol. The van der Waals surface area contributed by atoms with Crippen LogP contribution in [0.25, 0.3) is 0 Å². The van der Waals surface area contributed by atoms with E-state index in [2.05, 4.69) is 10.3 Å². The largest absolute Gasteiger partial charge is 0.493 e. The molecular weight excluding hydrogens is 349 g/mol. The Balaban J connectivity index is 1.56. The van der Waals surface area contributed by atoms with Crippen LogP contribution in [-0.2, 0) is 24.2 Å². The maximum absolute atomic E-state index is 12.3. The Kier molecular flexibility index (Phi) is 5.29. The number of hydrogen-bond donors (Lipinski definition) is 1. The van der Waals surface area contributed by atoms with E-state index in [4.69, 9.17) is 9.47 Å². The van der Waals surface area contributed by atoms with Crippen molar-refractivity contribution in [1.82, 2.24) is 10.3 Å². The van der Waals surface area contributed by atoms with Crippen LogP contribution in [0.4, 0.5) is 13.2 Å². The minimum atomic E-state index is -4.45. The fourth-order valence-electron chi connectivity index (χ4n) is 2.63. The summed E-state index contributed by atoms with van der Waals surface area (Å²) in [5.41, 5.74) is 2.31. The molecule has 8 heteroatoms. The van der Waals surface area contributed by atoms with Crippen molar-refractivity contribution in [3.8, 4) is 11.6 Å². The van der Waals surface area contributed by atoms with Crippen LogP contribution in [-0.4, -0.2) is 30.3 Å². The van der Waals surface area contributed by atoms with Gasteiger partial charge in [0.1, 0.15) is 5.75 Å². The highest BCUT2D eigenvalue weighted by Gasteiger charge is 2.29. The zero-order chi connectivity index (χ0) is 18.6. The van der Waals surface area contributed by atoms with E-state index in [-0.39, 0.29) is 24.8 Å². The Morgan fingerprint density at radius 2 is 2.15 bits per heavy atom. The topological polar surface area (TPSA) is 60.5 Å². The molecule has 0 bridgehead atoms. The molecule has 138 valence electrons. The van der Waals surface area contributed by atoms with Crippen molar-refractivity contribution in [2.75, 3.05) is 13.2 Å². The molecule has 0 unspecified atom stereocenters. The van der Waals surface area contributed by atoms with Crippen LogP contribution in [0, 0.1) is 0 Å². The fraction of sp³-hybridized carbons (Fsp3) is 0.333. The van der Waals surface area contributed by atoms with Crippen LogP contribution < -0.4 is 14.8 Å². The highest BCUT2D eigenvalue weighted by Crippen LogP contribution is 2.26. The van der Waals surface area contributed by atoms with E-state index in [1.54, 1.807) is 12.1 Å². The molecule has 1 aromatic carbocycles. The van der Waals surface area contributed by atoms with Crippen molar-refractivity contribution in [2.24, 2.45) is 0 Å². The number of fused-ring (bicyclic) bond motifs is 1. The minimum absolute atomic E-state index is 0.0356. The summed E-state index contributed by atoms with van der Waals surface area (Å²) >= 11 is 0. The van der Waals surface area contributed by atoms with Crippen molar-refractivity contribution in [3.63, 3.8) is 0 Å². The Labute approximate surface area is 148 Å². The van der Waals surface area contributed by atoms with Crippen LogP contribution in [0.2, 0.25) is 0 Å². The van der Waals surface area contributed by atoms with Crippen molar-refractivity contribution in [2.45, 2.75) is 25.6 Å². The van der Waals surface area contributed by atoms with Gasteiger partial charge in [-0.2, -0.15) is 13.2 Å². The fourth-order valence-corrected chi connectivity index (χ4v) is 2.63. The molecule has 0 aliphatic carbocycles. The third-order valence-corrected chi connectivity index (χ3v) is 3.82. The SMILES string of the molecule is O=C(Cc1ccc2c(c1)CCO2)NCc1cccnc1OCC(F)(F)F. The van der Waals surface area contributed by atoms with Gasteiger partial charge in [0, 0.05) is 24.7 Å². The molecule has 1 aliphatic rings. The predicted octanol–water partition coefficient (Wildman–Crippen LogP) is 2.82. The Morgan fingerprint density at radius 3 is 2.96 bits per heavy atom. The number of halogens is 3. The maximum atomic E-state index is 12.3. The first-order valence-corrected chi connectivity index (χ1v) is 8.05. The Bertz CT molecular complexity index is 793. The van der Waals surface area contributed by atoms with Gasteiger partial charge in [-0.1, -0.05) is 18.2 Å². The summed E-state index contributed by atoms with van der Waals surface area (Å²) < 4.78 is 47.0. The van der Waals surface area contributed by atoms with Crippen LogP contribution in [0.15, 0.2) is 36.5 Å². The molecule has 0 saturated heterocycles. The summed E-state index contributed by atoms with van der Waals surface area (Å²) in [7, 11) is 0. The minimum Gasteiger partial charge on any atom is -0.493 e. The molecule has 2 heterocycles. The third-order valence-electron chi connectivity index (χ3n) is 3.82. The van der Waals surface area contributed by atoms with E-state index in [0.717, 1.165) is 23.3 Å². The van der Waals surface area contributed by atoms with Gasteiger partial charge in [-0.25, -0.2) is 4.98 Å². The van der Waals surface area contributed by atoms with Crippen molar-refractivity contribution in [3.05, 3.63) is 53.2 Å². The number of carbonyl (C=O) groups excluding carboxylic acids is 1. The molecule has 2 aromatic rings. The van der Waals surface area contributed by atoms with Crippen molar-refractivity contribution < 1.29 is 27.4 Å². The van der Waals surface area contributed by atoms with Crippen LogP contribution in [0.3, 0.4) is 0 Å². The molecular formula is C18H17F3N2O3. The molecule has 3 rings (SSSR count). The van der Waals surface area contributed by atoms with Gasteiger partial charge in [0.2, 0.25) is 11.8 Å². The third kappa shape index (κ3) is 4.87. The van der Waals surface area contributed by atoms with Crippen LogP contribution in [0.1, 0.15) is 16.7 Å². The normalized spacial score (nSPS) is 13.0. The molecule has 0 spiro atoms. The number of nitrogens with one attached hydrogen (secondary N) is 1. The standard InChI is InChI=1S/C18H17F3N2O3/c19-18(20,21)11-26-17-14(2-1-6-22-17)10-23-16(24)9-12-3-4-15-13(8-12)5-7-25-15/h1-4,6,8H,5,7,9-11H2,(H,23,24). The number of carbonyl (C=O) groups is 1. The lowest BCUT2D eigenvalue weighted by atomic mass is 10.1. The molecule has 0 saturated carbocycles. The number of benzene rings is 1. The highest BCUT2D eigenvalue weighted by molar-refractivity contribution is 5.78. The molecule has 5 nitrogen and oxygen atoms in total. The first-order valence-electron chi connectivity index (χ1n) is 8.05. The Morgan fingerprint density at radius 1 is 1.31 bits per heavy atom. The Hall–Kier alpha value is -2.77. The van der Waals surface area contributed by atoms with Gasteiger partial charge in [-0.05, 0) is 23.3 Å². The summed E-state index contributed by atoms with van der Waals surface area (Å²) in [5.74, 6) is 0.463. The molecule has 0 atom stereocenters. The van der Waals surface area contributed by atoms with Gasteiger partial charge in [0.05, 0.1) is 13.0 Å². The van der Waals surface area contributed by atoms with E-state index in [0.29, 0.717) is 12.2 Å². The van der Waals surface area contributed by atoms with Crippen LogP contribution in [0.5, 0.6) is 11.6 Å². The molecule has 0 fully saturated rings. The number of pyridine rings is 1. The second kappa shape index (κ2) is 7.63. The van der Waals surface area contributed by atoms with Crippen LogP contribution >= 0.6 is 0 Å². The van der Waals surface area contributed by atoms with E-state index < -0.39 is 12.8 Å². The lowest BCUT2D eigenvalue weighted by Gasteiger charge is -2.12. The summed E-state index contributed by atoms with van der Waals surface area (Å²) in [6, 6.07) is 8.73. The van der Waals surface area contributed by atoms with Gasteiger partial charge in [-0.3, -0.25) is 4.79 Å². The van der Waals surface area contributed by atoms with Gasteiger partial charge < -0.3 is 14.8 Å². The molecule has 1 aromatic heterocycles. The summed E-state index contributed by atoms with van der Waals surface area (Å²) in [4.78, 5) is 15.9. The maximum Gasteiger partial charge on any atom is 0.422 e. The van der Waals surface area contributed by atoms with Crippen molar-refractivity contribution in [1.29, 1.82) is 0 Å². The number of amides is 1. The smallest absolute Gasteiger partial charge is 0.422 e. The zero-order valence-corrected chi connectivity index (χ0v) is 13.8. The first kappa shape index (κ1) is 18.0. The second-order valence-corrected chi connectivity index (χ2v) is 5.87. The van der Waals surface area contributed by atoms with Gasteiger partial charge in [0.25, 0.3) is 0 Å². The lowest BCUT2D eigenvalue weighted by molar-refractivity contribution is -0.154.